The first-order chi connectivity index (χ1) is 11.3. The molecule has 0 bridgehead atoms. The van der Waals surface area contributed by atoms with Crippen molar-refractivity contribution in [3.63, 3.8) is 0 Å². The molecule has 2 N–H and O–H groups in total. The van der Waals surface area contributed by atoms with E-state index in [0.29, 0.717) is 25.8 Å². The standard InChI is InChI=1S/C19H31NO3/c1-22-19-11-9-16(10-12-19)14-23-15-18(21)13-20-17-7-5-3-2-4-6-8-17/h9-12,17-18,20-21H,2-8,13-15H2,1H3. The number of rotatable bonds is 8. The maximum Gasteiger partial charge on any atom is 0.118 e. The molecule has 0 heterocycles. The Bertz CT molecular complexity index is 413. The molecular weight excluding hydrogens is 290 g/mol. The molecule has 0 aromatic heterocycles. The van der Waals surface area contributed by atoms with E-state index in [-0.39, 0.29) is 0 Å². The van der Waals surface area contributed by atoms with Crippen LogP contribution in [0.3, 0.4) is 0 Å². The van der Waals surface area contributed by atoms with Crippen molar-refractivity contribution in [3.05, 3.63) is 29.8 Å². The second-order valence-corrected chi connectivity index (χ2v) is 6.47. The Labute approximate surface area is 140 Å². The van der Waals surface area contributed by atoms with Gasteiger partial charge in [-0.25, -0.2) is 0 Å². The van der Waals surface area contributed by atoms with Gasteiger partial charge >= 0.3 is 0 Å². The number of nitrogens with one attached hydrogen (secondary N) is 1. The van der Waals surface area contributed by atoms with Crippen molar-refractivity contribution in [2.24, 2.45) is 0 Å². The van der Waals surface area contributed by atoms with Gasteiger partial charge in [0, 0.05) is 12.6 Å². The van der Waals surface area contributed by atoms with Crippen LogP contribution < -0.4 is 10.1 Å². The summed E-state index contributed by atoms with van der Waals surface area (Å²) in [5.41, 5.74) is 1.09. The molecule has 1 unspecified atom stereocenters. The minimum Gasteiger partial charge on any atom is -0.497 e. The first kappa shape index (κ1) is 18.2. The van der Waals surface area contributed by atoms with Gasteiger partial charge in [-0.2, -0.15) is 0 Å². The average Bonchev–Trinajstić information content (AvgIpc) is 2.54. The van der Waals surface area contributed by atoms with Gasteiger partial charge in [0.15, 0.2) is 0 Å². The second-order valence-electron chi connectivity index (χ2n) is 6.47. The number of aliphatic hydroxyl groups is 1. The number of hydrogen-bond acceptors (Lipinski definition) is 4. The fourth-order valence-corrected chi connectivity index (χ4v) is 3.06. The van der Waals surface area contributed by atoms with Gasteiger partial charge in [0.05, 0.1) is 26.4 Å². The fraction of sp³-hybridized carbons (Fsp3) is 0.684. The van der Waals surface area contributed by atoms with Crippen LogP contribution in [0.25, 0.3) is 0 Å². The van der Waals surface area contributed by atoms with Crippen molar-refractivity contribution in [3.8, 4) is 5.75 Å². The zero-order valence-electron chi connectivity index (χ0n) is 14.3. The molecule has 2 rings (SSSR count). The highest BCUT2D eigenvalue weighted by molar-refractivity contribution is 5.26. The molecule has 4 nitrogen and oxygen atoms in total. The molecule has 4 heteroatoms. The van der Waals surface area contributed by atoms with Crippen LogP contribution in [0.1, 0.15) is 50.5 Å². The predicted octanol–water partition coefficient (Wildman–Crippen LogP) is 3.28. The lowest BCUT2D eigenvalue weighted by atomic mass is 9.96. The molecule has 1 aromatic carbocycles. The molecule has 0 saturated heterocycles. The first-order valence-electron chi connectivity index (χ1n) is 8.90. The van der Waals surface area contributed by atoms with Crippen molar-refractivity contribution in [2.75, 3.05) is 20.3 Å². The molecule has 0 aliphatic heterocycles. The molecule has 1 atom stereocenters. The van der Waals surface area contributed by atoms with E-state index < -0.39 is 6.10 Å². The second kappa shape index (κ2) is 10.6. The summed E-state index contributed by atoms with van der Waals surface area (Å²) < 4.78 is 10.7. The summed E-state index contributed by atoms with van der Waals surface area (Å²) in [6.07, 6.45) is 8.73. The highest BCUT2D eigenvalue weighted by Gasteiger charge is 2.12. The van der Waals surface area contributed by atoms with E-state index in [1.54, 1.807) is 7.11 Å². The average molecular weight is 321 g/mol. The van der Waals surface area contributed by atoms with Crippen molar-refractivity contribution >= 4 is 0 Å². The molecule has 0 amide bonds. The first-order valence-corrected chi connectivity index (χ1v) is 8.90. The Morgan fingerprint density at radius 1 is 1.09 bits per heavy atom. The number of hydrogen-bond donors (Lipinski definition) is 2. The molecule has 1 aromatic rings. The predicted molar refractivity (Wildman–Crippen MR) is 92.8 cm³/mol. The Balaban J connectivity index is 1.59. The van der Waals surface area contributed by atoms with Crippen LogP contribution in [0.15, 0.2) is 24.3 Å². The SMILES string of the molecule is COc1ccc(COCC(O)CNC2CCCCCCC2)cc1. The molecule has 130 valence electrons. The Morgan fingerprint density at radius 3 is 2.39 bits per heavy atom. The third-order valence-electron chi connectivity index (χ3n) is 4.49. The van der Waals surface area contributed by atoms with Crippen LogP contribution in [-0.2, 0) is 11.3 Å². The van der Waals surface area contributed by atoms with Crippen LogP contribution in [0.5, 0.6) is 5.75 Å². The fourth-order valence-electron chi connectivity index (χ4n) is 3.06. The summed E-state index contributed by atoms with van der Waals surface area (Å²) in [6.45, 7) is 1.50. The molecule has 23 heavy (non-hydrogen) atoms. The van der Waals surface area contributed by atoms with E-state index in [9.17, 15) is 5.11 Å². The number of methoxy groups -OCH3 is 1. The Morgan fingerprint density at radius 2 is 1.74 bits per heavy atom. The van der Waals surface area contributed by atoms with Gasteiger partial charge in [-0.15, -0.1) is 0 Å². The molecule has 0 spiro atoms. The maximum atomic E-state index is 10.1. The molecule has 1 saturated carbocycles. The van der Waals surface area contributed by atoms with E-state index in [0.717, 1.165) is 11.3 Å². The van der Waals surface area contributed by atoms with Crippen LogP contribution in [0.4, 0.5) is 0 Å². The van der Waals surface area contributed by atoms with E-state index >= 15 is 0 Å². The monoisotopic (exact) mass is 321 g/mol. The number of aliphatic hydroxyl groups excluding tert-OH is 1. The third kappa shape index (κ3) is 7.34. The quantitative estimate of drug-likeness (QED) is 0.771. The lowest BCUT2D eigenvalue weighted by Crippen LogP contribution is -2.37. The zero-order chi connectivity index (χ0) is 16.3. The van der Waals surface area contributed by atoms with E-state index in [4.69, 9.17) is 9.47 Å². The van der Waals surface area contributed by atoms with Crippen molar-refractivity contribution < 1.29 is 14.6 Å². The minimum absolute atomic E-state index is 0.367. The third-order valence-corrected chi connectivity index (χ3v) is 4.49. The van der Waals surface area contributed by atoms with Gasteiger partial charge in [-0.1, -0.05) is 44.2 Å². The lowest BCUT2D eigenvalue weighted by Gasteiger charge is -2.22. The van der Waals surface area contributed by atoms with E-state index in [2.05, 4.69) is 5.32 Å². The van der Waals surface area contributed by atoms with Crippen LogP contribution >= 0.6 is 0 Å². The summed E-state index contributed by atoms with van der Waals surface area (Å²) in [7, 11) is 1.66. The topological polar surface area (TPSA) is 50.7 Å². The normalized spacial score (nSPS) is 18.2. The largest absolute Gasteiger partial charge is 0.497 e. The lowest BCUT2D eigenvalue weighted by molar-refractivity contribution is 0.0272. The zero-order valence-corrected chi connectivity index (χ0v) is 14.3. The Hall–Kier alpha value is -1.10. The molecule has 1 fully saturated rings. The van der Waals surface area contributed by atoms with Crippen LogP contribution in [0, 0.1) is 0 Å². The van der Waals surface area contributed by atoms with E-state index in [1.807, 2.05) is 24.3 Å². The Kier molecular flexibility index (Phi) is 8.43. The molecule has 0 radical (unpaired) electrons. The molecule has 1 aliphatic carbocycles. The summed E-state index contributed by atoms with van der Waals surface area (Å²) >= 11 is 0. The number of benzene rings is 1. The molecular formula is C19H31NO3. The van der Waals surface area contributed by atoms with Gasteiger partial charge in [0.1, 0.15) is 5.75 Å². The highest BCUT2D eigenvalue weighted by atomic mass is 16.5. The highest BCUT2D eigenvalue weighted by Crippen LogP contribution is 2.17. The summed E-state index contributed by atoms with van der Waals surface area (Å²) in [5.74, 6) is 0.845. The smallest absolute Gasteiger partial charge is 0.118 e. The van der Waals surface area contributed by atoms with Gasteiger partial charge in [-0.05, 0) is 30.5 Å². The van der Waals surface area contributed by atoms with Crippen molar-refractivity contribution in [2.45, 2.75) is 63.7 Å². The summed E-state index contributed by atoms with van der Waals surface area (Å²) in [4.78, 5) is 0. The summed E-state index contributed by atoms with van der Waals surface area (Å²) in [6, 6.07) is 8.37. The van der Waals surface area contributed by atoms with Crippen molar-refractivity contribution in [1.82, 2.24) is 5.32 Å². The van der Waals surface area contributed by atoms with E-state index in [1.165, 1.54) is 44.9 Å². The van der Waals surface area contributed by atoms with Crippen LogP contribution in [0.2, 0.25) is 0 Å². The number of ether oxygens (including phenoxy) is 2. The van der Waals surface area contributed by atoms with Crippen LogP contribution in [-0.4, -0.2) is 37.5 Å². The minimum atomic E-state index is -0.446. The maximum absolute atomic E-state index is 10.1. The molecule has 1 aliphatic rings. The van der Waals surface area contributed by atoms with Gasteiger partial charge < -0.3 is 19.9 Å². The van der Waals surface area contributed by atoms with Crippen molar-refractivity contribution in [1.29, 1.82) is 0 Å². The summed E-state index contributed by atoms with van der Waals surface area (Å²) in [5, 5.41) is 13.6. The van der Waals surface area contributed by atoms with Gasteiger partial charge in [0.25, 0.3) is 0 Å². The van der Waals surface area contributed by atoms with Gasteiger partial charge in [0.2, 0.25) is 0 Å². The van der Waals surface area contributed by atoms with Gasteiger partial charge in [-0.3, -0.25) is 0 Å².